The van der Waals surface area contributed by atoms with Crippen molar-refractivity contribution < 1.29 is 9.18 Å². The molecule has 5 rings (SSSR count). The lowest BCUT2D eigenvalue weighted by Crippen LogP contribution is -2.42. The smallest absolute Gasteiger partial charge is 0.234 e. The van der Waals surface area contributed by atoms with Crippen molar-refractivity contribution in [3.63, 3.8) is 0 Å². The Morgan fingerprint density at radius 3 is 2.76 bits per heavy atom. The van der Waals surface area contributed by atoms with Crippen LogP contribution >= 0.6 is 11.8 Å². The summed E-state index contributed by atoms with van der Waals surface area (Å²) in [6.07, 6.45) is 10.5. The van der Waals surface area contributed by atoms with Crippen LogP contribution in [-0.2, 0) is 4.79 Å². The van der Waals surface area contributed by atoms with E-state index in [1.54, 1.807) is 16.8 Å². The molecule has 4 aromatic rings. The molecule has 11 heteroatoms. The third-order valence-electron chi connectivity index (χ3n) is 6.85. The SMILES string of the molecule is Cc1c(-c2cc(Sc3ncccc3F)c3c(C#N)cnn3c2)cnn1C1CCC(NC(=O)CN(C)C)CC1. The summed E-state index contributed by atoms with van der Waals surface area (Å²) in [6, 6.07) is 7.49. The predicted molar refractivity (Wildman–Crippen MR) is 142 cm³/mol. The van der Waals surface area contributed by atoms with Crippen LogP contribution in [0.15, 0.2) is 52.9 Å². The summed E-state index contributed by atoms with van der Waals surface area (Å²) < 4.78 is 18.2. The quantitative estimate of drug-likeness (QED) is 0.380. The van der Waals surface area contributed by atoms with Gasteiger partial charge in [-0.05, 0) is 64.9 Å². The molecule has 4 aromatic heterocycles. The van der Waals surface area contributed by atoms with Crippen LogP contribution in [0, 0.1) is 24.1 Å². The molecule has 1 saturated carbocycles. The zero-order valence-electron chi connectivity index (χ0n) is 21.6. The Labute approximate surface area is 224 Å². The van der Waals surface area contributed by atoms with E-state index in [1.165, 1.54) is 24.0 Å². The minimum Gasteiger partial charge on any atom is -0.352 e. The van der Waals surface area contributed by atoms with Crippen molar-refractivity contribution in [1.29, 1.82) is 5.26 Å². The van der Waals surface area contributed by atoms with E-state index in [0.29, 0.717) is 22.5 Å². The molecule has 0 saturated heterocycles. The maximum Gasteiger partial charge on any atom is 0.234 e. The number of halogens is 1. The monoisotopic (exact) mass is 532 g/mol. The van der Waals surface area contributed by atoms with Gasteiger partial charge in [0.15, 0.2) is 5.82 Å². The highest BCUT2D eigenvalue weighted by Crippen LogP contribution is 2.37. The zero-order valence-corrected chi connectivity index (χ0v) is 22.4. The van der Waals surface area contributed by atoms with Crippen molar-refractivity contribution in [1.82, 2.24) is 34.6 Å². The second-order valence-corrected chi connectivity index (χ2v) is 10.9. The summed E-state index contributed by atoms with van der Waals surface area (Å²) in [7, 11) is 3.78. The van der Waals surface area contributed by atoms with Gasteiger partial charge >= 0.3 is 0 Å². The van der Waals surface area contributed by atoms with Gasteiger partial charge < -0.3 is 10.2 Å². The number of carbonyl (C=O) groups excluding carboxylic acids is 1. The Morgan fingerprint density at radius 1 is 1.26 bits per heavy atom. The van der Waals surface area contributed by atoms with Crippen molar-refractivity contribution in [2.24, 2.45) is 0 Å². The van der Waals surface area contributed by atoms with E-state index in [4.69, 9.17) is 5.10 Å². The van der Waals surface area contributed by atoms with Crippen LogP contribution in [0.2, 0.25) is 0 Å². The Kier molecular flexibility index (Phi) is 7.44. The van der Waals surface area contributed by atoms with Crippen LogP contribution in [0.5, 0.6) is 0 Å². The largest absolute Gasteiger partial charge is 0.352 e. The summed E-state index contributed by atoms with van der Waals surface area (Å²) in [5.74, 6) is -0.361. The fourth-order valence-electron chi connectivity index (χ4n) is 5.04. The summed E-state index contributed by atoms with van der Waals surface area (Å²) in [5, 5.41) is 22.1. The van der Waals surface area contributed by atoms with Crippen molar-refractivity contribution in [2.45, 2.75) is 54.6 Å². The van der Waals surface area contributed by atoms with Crippen LogP contribution in [-0.4, -0.2) is 61.9 Å². The number of hydrogen-bond donors (Lipinski definition) is 1. The van der Waals surface area contributed by atoms with Gasteiger partial charge in [0.05, 0.1) is 36.1 Å². The highest BCUT2D eigenvalue weighted by molar-refractivity contribution is 7.99. The molecule has 0 radical (unpaired) electrons. The number of amides is 1. The van der Waals surface area contributed by atoms with E-state index in [-0.39, 0.29) is 23.0 Å². The number of pyridine rings is 2. The molecule has 0 aliphatic heterocycles. The van der Waals surface area contributed by atoms with E-state index >= 15 is 0 Å². The van der Waals surface area contributed by atoms with Crippen LogP contribution in [0.1, 0.15) is 43.0 Å². The molecule has 0 spiro atoms. The topological polar surface area (TPSA) is 104 Å². The minimum absolute atomic E-state index is 0.0591. The molecule has 9 nitrogen and oxygen atoms in total. The van der Waals surface area contributed by atoms with Gasteiger partial charge in [0.2, 0.25) is 5.91 Å². The highest BCUT2D eigenvalue weighted by atomic mass is 32.2. The third kappa shape index (κ3) is 5.28. The molecule has 4 heterocycles. The predicted octanol–water partition coefficient (Wildman–Crippen LogP) is 4.22. The lowest BCUT2D eigenvalue weighted by molar-refractivity contribution is -0.122. The maximum atomic E-state index is 14.4. The van der Waals surface area contributed by atoms with Crippen LogP contribution < -0.4 is 5.32 Å². The first kappa shape index (κ1) is 25.9. The first-order valence-electron chi connectivity index (χ1n) is 12.5. The number of nitriles is 1. The number of rotatable bonds is 7. The Bertz CT molecular complexity index is 1510. The summed E-state index contributed by atoms with van der Waals surface area (Å²) in [5.41, 5.74) is 3.88. The van der Waals surface area contributed by atoms with E-state index in [0.717, 1.165) is 42.5 Å². The summed E-state index contributed by atoms with van der Waals surface area (Å²) in [4.78, 5) is 18.9. The molecule has 0 bridgehead atoms. The molecule has 0 aromatic carbocycles. The molecule has 0 atom stereocenters. The normalized spacial score (nSPS) is 17.6. The standard InChI is InChI=1S/C27H29FN8OS/c1-17-22(14-32-36(17)21-8-6-20(7-9-21)33-25(37)16-34(2)3)18-11-24(38-27-23(28)5-4-10-30-27)26-19(12-29)13-31-35(26)15-18/h4-5,10-11,13-15,20-21H,6-9,16H2,1-3H3,(H,33,37). The number of nitrogens with zero attached hydrogens (tertiary/aromatic N) is 7. The average molecular weight is 533 g/mol. The Morgan fingerprint density at radius 2 is 2.05 bits per heavy atom. The van der Waals surface area contributed by atoms with Gasteiger partial charge in [-0.3, -0.25) is 9.48 Å². The van der Waals surface area contributed by atoms with Gasteiger partial charge in [0.1, 0.15) is 11.1 Å². The molecule has 196 valence electrons. The lowest BCUT2D eigenvalue weighted by Gasteiger charge is -2.30. The fourth-order valence-corrected chi connectivity index (χ4v) is 6.02. The van der Waals surface area contributed by atoms with Crippen molar-refractivity contribution >= 4 is 23.2 Å². The van der Waals surface area contributed by atoms with Crippen molar-refractivity contribution in [3.05, 3.63) is 60.1 Å². The molecule has 38 heavy (non-hydrogen) atoms. The molecule has 1 aliphatic carbocycles. The van der Waals surface area contributed by atoms with Gasteiger partial charge in [0.25, 0.3) is 0 Å². The second-order valence-electron chi connectivity index (χ2n) is 9.85. The molecular formula is C27H29FN8OS. The van der Waals surface area contributed by atoms with Crippen molar-refractivity contribution in [3.8, 4) is 17.2 Å². The van der Waals surface area contributed by atoms with E-state index in [1.807, 2.05) is 44.4 Å². The fraction of sp³-hybridized carbons (Fsp3) is 0.370. The highest BCUT2D eigenvalue weighted by Gasteiger charge is 2.26. The Hall–Kier alpha value is -3.75. The van der Waals surface area contributed by atoms with E-state index in [2.05, 4.69) is 26.2 Å². The van der Waals surface area contributed by atoms with Crippen LogP contribution in [0.3, 0.4) is 0 Å². The molecule has 1 fully saturated rings. The molecule has 1 amide bonds. The number of carbonyl (C=O) groups is 1. The lowest BCUT2D eigenvalue weighted by atomic mass is 9.91. The zero-order chi connectivity index (χ0) is 26.8. The number of hydrogen-bond acceptors (Lipinski definition) is 7. The second kappa shape index (κ2) is 10.9. The van der Waals surface area contributed by atoms with Gasteiger partial charge in [-0.2, -0.15) is 15.5 Å². The van der Waals surface area contributed by atoms with Gasteiger partial charge in [-0.1, -0.05) is 11.8 Å². The first-order valence-corrected chi connectivity index (χ1v) is 13.3. The Balaban J connectivity index is 1.40. The van der Waals surface area contributed by atoms with Crippen LogP contribution in [0.4, 0.5) is 4.39 Å². The number of aromatic nitrogens is 5. The number of nitrogens with one attached hydrogen (secondary N) is 1. The third-order valence-corrected chi connectivity index (χ3v) is 7.88. The first-order chi connectivity index (χ1) is 18.3. The van der Waals surface area contributed by atoms with Gasteiger partial charge in [-0.15, -0.1) is 0 Å². The van der Waals surface area contributed by atoms with Crippen LogP contribution in [0.25, 0.3) is 16.6 Å². The molecular weight excluding hydrogens is 503 g/mol. The summed E-state index contributed by atoms with van der Waals surface area (Å²) in [6.45, 7) is 2.44. The summed E-state index contributed by atoms with van der Waals surface area (Å²) >= 11 is 1.17. The van der Waals surface area contributed by atoms with E-state index < -0.39 is 5.82 Å². The molecule has 1 N–H and O–H groups in total. The minimum atomic E-state index is -0.420. The van der Waals surface area contributed by atoms with Gasteiger partial charge in [-0.25, -0.2) is 13.9 Å². The average Bonchev–Trinajstić information content (AvgIpc) is 3.48. The number of likely N-dealkylation sites (N-methyl/N-ethyl adjacent to an activating group) is 1. The van der Waals surface area contributed by atoms with E-state index in [9.17, 15) is 14.4 Å². The van der Waals surface area contributed by atoms with Crippen molar-refractivity contribution in [2.75, 3.05) is 20.6 Å². The van der Waals surface area contributed by atoms with Gasteiger partial charge in [0, 0.05) is 40.2 Å². The molecule has 1 aliphatic rings. The molecule has 0 unspecified atom stereocenters. The number of fused-ring (bicyclic) bond motifs is 1. The maximum absolute atomic E-state index is 14.4.